The molecule has 0 aliphatic carbocycles. The number of nitrogens with zero attached hydrogens (tertiary/aromatic N) is 5. The summed E-state index contributed by atoms with van der Waals surface area (Å²) in [6.07, 6.45) is 3.24. The van der Waals surface area contributed by atoms with E-state index in [4.69, 9.17) is 5.26 Å². The standard InChI is InChI=1S/C13H23N5S/c1-5-7-9-18-12(11(6-2)17(3)4)15-16-13(18)19-10-8-14/h11H,5-7,9-10H2,1-4H3. The number of nitriles is 1. The largest absolute Gasteiger partial charge is 0.305 e. The summed E-state index contributed by atoms with van der Waals surface area (Å²) in [5.41, 5.74) is 0. The van der Waals surface area contributed by atoms with Crippen molar-refractivity contribution >= 4 is 11.8 Å². The molecule has 19 heavy (non-hydrogen) atoms. The van der Waals surface area contributed by atoms with Crippen molar-refractivity contribution in [2.75, 3.05) is 19.8 Å². The van der Waals surface area contributed by atoms with Gasteiger partial charge in [0.15, 0.2) is 11.0 Å². The average Bonchev–Trinajstić information content (AvgIpc) is 2.77. The fourth-order valence-corrected chi connectivity index (χ4v) is 2.69. The van der Waals surface area contributed by atoms with E-state index in [-0.39, 0.29) is 6.04 Å². The Morgan fingerprint density at radius 2 is 2.11 bits per heavy atom. The number of hydrogen-bond donors (Lipinski definition) is 0. The van der Waals surface area contributed by atoms with E-state index in [1.54, 1.807) is 0 Å². The molecule has 106 valence electrons. The van der Waals surface area contributed by atoms with Gasteiger partial charge in [-0.2, -0.15) is 5.26 Å². The molecule has 0 N–H and O–H groups in total. The van der Waals surface area contributed by atoms with Gasteiger partial charge in [-0.15, -0.1) is 10.2 Å². The van der Waals surface area contributed by atoms with Gasteiger partial charge in [0.25, 0.3) is 0 Å². The third-order valence-corrected chi connectivity index (χ3v) is 3.89. The molecule has 1 aromatic rings. The molecule has 0 saturated heterocycles. The molecule has 1 aromatic heterocycles. The summed E-state index contributed by atoms with van der Waals surface area (Å²) < 4.78 is 2.18. The zero-order valence-electron chi connectivity index (χ0n) is 12.3. The number of aromatic nitrogens is 3. The van der Waals surface area contributed by atoms with Gasteiger partial charge in [-0.3, -0.25) is 4.90 Å². The first kappa shape index (κ1) is 16.0. The third kappa shape index (κ3) is 4.22. The zero-order valence-corrected chi connectivity index (χ0v) is 13.1. The first-order valence-corrected chi connectivity index (χ1v) is 7.73. The topological polar surface area (TPSA) is 57.7 Å². The van der Waals surface area contributed by atoms with Crippen LogP contribution in [0.25, 0.3) is 0 Å². The van der Waals surface area contributed by atoms with Crippen LogP contribution in [0.2, 0.25) is 0 Å². The summed E-state index contributed by atoms with van der Waals surface area (Å²) in [6.45, 7) is 5.26. The van der Waals surface area contributed by atoms with Crippen LogP contribution < -0.4 is 0 Å². The first-order chi connectivity index (χ1) is 9.15. The number of thioether (sulfide) groups is 1. The van der Waals surface area contributed by atoms with E-state index in [0.717, 1.165) is 36.8 Å². The molecule has 5 nitrogen and oxygen atoms in total. The van der Waals surface area contributed by atoms with E-state index >= 15 is 0 Å². The minimum atomic E-state index is 0.279. The lowest BCUT2D eigenvalue weighted by molar-refractivity contribution is 0.270. The molecular weight excluding hydrogens is 258 g/mol. The van der Waals surface area contributed by atoms with Crippen molar-refractivity contribution in [1.82, 2.24) is 19.7 Å². The molecular formula is C13H23N5S. The highest BCUT2D eigenvalue weighted by Crippen LogP contribution is 2.25. The van der Waals surface area contributed by atoms with Crippen LogP contribution in [0, 0.1) is 11.3 Å². The van der Waals surface area contributed by atoms with Crippen molar-refractivity contribution in [3.8, 4) is 6.07 Å². The molecule has 0 aliphatic rings. The fourth-order valence-electron chi connectivity index (χ4n) is 2.06. The lowest BCUT2D eigenvalue weighted by atomic mass is 10.2. The molecule has 0 aliphatic heterocycles. The minimum Gasteiger partial charge on any atom is -0.305 e. The SMILES string of the molecule is CCCCn1c(SCC#N)nnc1C(CC)N(C)C. The van der Waals surface area contributed by atoms with E-state index in [1.807, 2.05) is 0 Å². The van der Waals surface area contributed by atoms with Crippen molar-refractivity contribution in [2.45, 2.75) is 50.9 Å². The van der Waals surface area contributed by atoms with Crippen molar-refractivity contribution in [3.63, 3.8) is 0 Å². The van der Waals surface area contributed by atoms with Crippen LogP contribution in [0.15, 0.2) is 5.16 Å². The predicted octanol–water partition coefficient (Wildman–Crippen LogP) is 2.71. The quantitative estimate of drug-likeness (QED) is 0.686. The Morgan fingerprint density at radius 1 is 1.37 bits per heavy atom. The number of rotatable bonds is 8. The van der Waals surface area contributed by atoms with Crippen molar-refractivity contribution in [2.24, 2.45) is 0 Å². The number of hydrogen-bond acceptors (Lipinski definition) is 5. The third-order valence-electron chi connectivity index (χ3n) is 3.05. The van der Waals surface area contributed by atoms with Crippen molar-refractivity contribution in [1.29, 1.82) is 5.26 Å². The minimum absolute atomic E-state index is 0.279. The molecule has 1 unspecified atom stereocenters. The Hall–Kier alpha value is -1.06. The Labute approximate surface area is 120 Å². The average molecular weight is 281 g/mol. The van der Waals surface area contributed by atoms with Crippen molar-refractivity contribution < 1.29 is 0 Å². The van der Waals surface area contributed by atoms with Gasteiger partial charge in [0.1, 0.15) is 0 Å². The lowest BCUT2D eigenvalue weighted by Gasteiger charge is -2.23. The van der Waals surface area contributed by atoms with Gasteiger partial charge in [0.05, 0.1) is 17.9 Å². The van der Waals surface area contributed by atoms with E-state index in [9.17, 15) is 0 Å². The van der Waals surface area contributed by atoms with Crippen LogP contribution in [-0.2, 0) is 6.54 Å². The predicted molar refractivity (Wildman–Crippen MR) is 78.0 cm³/mol. The van der Waals surface area contributed by atoms with E-state index < -0.39 is 0 Å². The second-order valence-electron chi connectivity index (χ2n) is 4.68. The second kappa shape index (κ2) is 8.18. The second-order valence-corrected chi connectivity index (χ2v) is 5.62. The van der Waals surface area contributed by atoms with E-state index in [1.165, 1.54) is 11.8 Å². The van der Waals surface area contributed by atoms with E-state index in [2.05, 4.69) is 53.7 Å². The molecule has 0 bridgehead atoms. The smallest absolute Gasteiger partial charge is 0.192 e. The summed E-state index contributed by atoms with van der Waals surface area (Å²) in [6, 6.07) is 2.42. The zero-order chi connectivity index (χ0) is 14.3. The van der Waals surface area contributed by atoms with Crippen LogP contribution in [0.5, 0.6) is 0 Å². The molecule has 0 fully saturated rings. The summed E-state index contributed by atoms with van der Waals surface area (Å²) in [7, 11) is 4.13. The maximum atomic E-state index is 8.71. The lowest BCUT2D eigenvalue weighted by Crippen LogP contribution is -2.23. The summed E-state index contributed by atoms with van der Waals surface area (Å²) >= 11 is 1.47. The Kier molecular flexibility index (Phi) is 6.89. The first-order valence-electron chi connectivity index (χ1n) is 6.74. The van der Waals surface area contributed by atoms with Gasteiger partial charge in [0.2, 0.25) is 0 Å². The van der Waals surface area contributed by atoms with Gasteiger partial charge in [-0.25, -0.2) is 0 Å². The van der Waals surface area contributed by atoms with Crippen LogP contribution >= 0.6 is 11.8 Å². The Morgan fingerprint density at radius 3 is 2.63 bits per heavy atom. The maximum absolute atomic E-state index is 8.71. The van der Waals surface area contributed by atoms with Crippen molar-refractivity contribution in [3.05, 3.63) is 5.82 Å². The molecule has 1 heterocycles. The molecule has 0 radical (unpaired) electrons. The fraction of sp³-hybridized carbons (Fsp3) is 0.769. The van der Waals surface area contributed by atoms with E-state index in [0.29, 0.717) is 5.75 Å². The Bertz CT molecular complexity index is 421. The van der Waals surface area contributed by atoms with Gasteiger partial charge in [-0.05, 0) is 26.9 Å². The van der Waals surface area contributed by atoms with Gasteiger partial charge >= 0.3 is 0 Å². The summed E-state index contributed by atoms with van der Waals surface area (Å²) in [5, 5.41) is 18.2. The molecule has 1 atom stereocenters. The molecule has 6 heteroatoms. The van der Waals surface area contributed by atoms with Crippen LogP contribution in [0.1, 0.15) is 45.0 Å². The molecule has 0 amide bonds. The Balaban J connectivity index is 3.02. The molecule has 0 aromatic carbocycles. The molecule has 0 saturated carbocycles. The normalized spacial score (nSPS) is 12.6. The van der Waals surface area contributed by atoms with Crippen LogP contribution in [-0.4, -0.2) is 39.5 Å². The highest BCUT2D eigenvalue weighted by Gasteiger charge is 2.21. The monoisotopic (exact) mass is 281 g/mol. The highest BCUT2D eigenvalue weighted by molar-refractivity contribution is 7.99. The summed E-state index contributed by atoms with van der Waals surface area (Å²) in [4.78, 5) is 2.17. The maximum Gasteiger partial charge on any atom is 0.192 e. The van der Waals surface area contributed by atoms with Gasteiger partial charge in [-0.1, -0.05) is 32.0 Å². The van der Waals surface area contributed by atoms with Gasteiger partial charge < -0.3 is 4.57 Å². The number of unbranched alkanes of at least 4 members (excludes halogenated alkanes) is 1. The van der Waals surface area contributed by atoms with Crippen LogP contribution in [0.4, 0.5) is 0 Å². The van der Waals surface area contributed by atoms with Crippen LogP contribution in [0.3, 0.4) is 0 Å². The van der Waals surface area contributed by atoms with Gasteiger partial charge in [0, 0.05) is 6.54 Å². The molecule has 0 spiro atoms. The highest BCUT2D eigenvalue weighted by atomic mass is 32.2. The summed E-state index contributed by atoms with van der Waals surface area (Å²) in [5.74, 6) is 1.43. The molecule has 1 rings (SSSR count).